The van der Waals surface area contributed by atoms with Gasteiger partial charge in [-0.25, -0.2) is 0 Å². The first-order chi connectivity index (χ1) is 19.0. The monoisotopic (exact) mass is 515 g/mol. The number of carbonyl (C=O) groups excluding carboxylic acids is 2. The first-order valence-corrected chi connectivity index (χ1v) is 12.8. The topological polar surface area (TPSA) is 101 Å². The molecular formula is C32H25N3O4. The van der Waals surface area contributed by atoms with Gasteiger partial charge < -0.3 is 10.6 Å². The Balaban J connectivity index is 1.44. The molecule has 39 heavy (non-hydrogen) atoms. The van der Waals surface area contributed by atoms with Crippen molar-refractivity contribution in [3.8, 4) is 0 Å². The molecule has 0 fully saturated rings. The van der Waals surface area contributed by atoms with Gasteiger partial charge in [0.05, 0.1) is 22.3 Å². The molecule has 0 unspecified atom stereocenters. The number of fused-ring (bicyclic) bond motifs is 1. The lowest BCUT2D eigenvalue weighted by Crippen LogP contribution is -2.26. The van der Waals surface area contributed by atoms with E-state index in [4.69, 9.17) is 0 Å². The van der Waals surface area contributed by atoms with Gasteiger partial charge in [0, 0.05) is 41.0 Å². The minimum atomic E-state index is -0.505. The summed E-state index contributed by atoms with van der Waals surface area (Å²) in [5, 5.41) is 18.2. The second kappa shape index (κ2) is 10.0. The SMILES string of the molecule is O=C1C[C@@H](c2ccccc2)CC2=C1[C@H](c1ccc([N+](=O)[O-])cc1)Nc1ccc(C(=O)c3ccccc3)cc1N2. The van der Waals surface area contributed by atoms with Gasteiger partial charge in [-0.2, -0.15) is 0 Å². The normalized spacial score (nSPS) is 18.2. The third-order valence-electron chi connectivity index (χ3n) is 7.41. The van der Waals surface area contributed by atoms with Gasteiger partial charge in [-0.1, -0.05) is 60.7 Å². The van der Waals surface area contributed by atoms with Crippen molar-refractivity contribution in [2.45, 2.75) is 24.8 Å². The molecule has 1 heterocycles. The highest BCUT2D eigenvalue weighted by Crippen LogP contribution is 2.44. The zero-order valence-electron chi connectivity index (χ0n) is 21.0. The van der Waals surface area contributed by atoms with Gasteiger partial charge in [-0.3, -0.25) is 19.7 Å². The lowest BCUT2D eigenvalue weighted by molar-refractivity contribution is -0.384. The van der Waals surface area contributed by atoms with Crippen molar-refractivity contribution in [3.05, 3.63) is 147 Å². The fraction of sp³-hybridized carbons (Fsp3) is 0.125. The maximum Gasteiger partial charge on any atom is 0.269 e. The summed E-state index contributed by atoms with van der Waals surface area (Å²) in [6, 6.07) is 30.3. The van der Waals surface area contributed by atoms with Crippen LogP contribution in [0.1, 0.15) is 51.8 Å². The number of nitrogens with one attached hydrogen (secondary N) is 2. The van der Waals surface area contributed by atoms with E-state index in [0.717, 1.165) is 22.5 Å². The number of carbonyl (C=O) groups is 2. The third-order valence-corrected chi connectivity index (χ3v) is 7.41. The fourth-order valence-corrected chi connectivity index (χ4v) is 5.44. The molecule has 7 heteroatoms. The van der Waals surface area contributed by atoms with E-state index in [9.17, 15) is 19.7 Å². The van der Waals surface area contributed by atoms with Crippen molar-refractivity contribution < 1.29 is 14.5 Å². The molecule has 0 bridgehead atoms. The van der Waals surface area contributed by atoms with E-state index in [-0.39, 0.29) is 23.2 Å². The predicted octanol–water partition coefficient (Wildman–Crippen LogP) is 6.81. The highest BCUT2D eigenvalue weighted by Gasteiger charge is 2.36. The molecule has 1 aliphatic heterocycles. The van der Waals surface area contributed by atoms with E-state index in [1.165, 1.54) is 12.1 Å². The van der Waals surface area contributed by atoms with E-state index in [1.54, 1.807) is 30.3 Å². The van der Waals surface area contributed by atoms with Gasteiger partial charge in [-0.05, 0) is 53.8 Å². The zero-order chi connectivity index (χ0) is 26.9. The average molecular weight is 516 g/mol. The molecule has 1 aliphatic carbocycles. The highest BCUT2D eigenvalue weighted by molar-refractivity contribution is 6.10. The largest absolute Gasteiger partial charge is 0.372 e. The van der Waals surface area contributed by atoms with Crippen LogP contribution < -0.4 is 10.6 Å². The van der Waals surface area contributed by atoms with E-state index in [2.05, 4.69) is 10.6 Å². The van der Waals surface area contributed by atoms with Crippen molar-refractivity contribution >= 4 is 28.6 Å². The molecule has 6 rings (SSSR count). The molecule has 4 aromatic carbocycles. The number of nitrogens with zero attached hydrogens (tertiary/aromatic N) is 1. The van der Waals surface area contributed by atoms with Crippen LogP contribution in [0.2, 0.25) is 0 Å². The molecule has 0 saturated carbocycles. The van der Waals surface area contributed by atoms with Crippen molar-refractivity contribution in [1.29, 1.82) is 0 Å². The van der Waals surface area contributed by atoms with Crippen molar-refractivity contribution in [2.24, 2.45) is 0 Å². The quantitative estimate of drug-likeness (QED) is 0.172. The van der Waals surface area contributed by atoms with Crippen LogP contribution in [0.4, 0.5) is 17.1 Å². The van der Waals surface area contributed by atoms with Crippen molar-refractivity contribution in [3.63, 3.8) is 0 Å². The molecule has 2 atom stereocenters. The van der Waals surface area contributed by atoms with Gasteiger partial charge in [-0.15, -0.1) is 0 Å². The Hall–Kier alpha value is -5.04. The number of Topliss-reactive ketones (excluding diaryl/α,β-unsaturated/α-hetero) is 1. The summed E-state index contributed by atoms with van der Waals surface area (Å²) in [7, 11) is 0. The second-order valence-corrected chi connectivity index (χ2v) is 9.84. The lowest BCUT2D eigenvalue weighted by Gasteiger charge is -2.30. The van der Waals surface area contributed by atoms with Crippen molar-refractivity contribution in [1.82, 2.24) is 0 Å². The Bertz CT molecular complexity index is 1610. The molecule has 0 spiro atoms. The number of ketones is 2. The minimum Gasteiger partial charge on any atom is -0.372 e. The molecule has 0 radical (unpaired) electrons. The van der Waals surface area contributed by atoms with E-state index >= 15 is 0 Å². The Morgan fingerprint density at radius 1 is 0.769 bits per heavy atom. The van der Waals surface area contributed by atoms with Crippen LogP contribution in [0.5, 0.6) is 0 Å². The zero-order valence-corrected chi connectivity index (χ0v) is 21.0. The second-order valence-electron chi connectivity index (χ2n) is 9.84. The number of benzene rings is 4. The third kappa shape index (κ3) is 4.70. The standard InChI is InChI=1S/C32H25N3O4/c36-29-19-24(20-7-3-1-4-8-20)18-28-30(29)31(21-11-14-25(15-12-21)35(38)39)34-26-16-13-23(17-27(26)33-28)32(37)22-9-5-2-6-10-22/h1-17,24,31,33-34H,18-19H2/t24-,31-/m0/s1. The maximum atomic E-state index is 13.7. The smallest absolute Gasteiger partial charge is 0.269 e. The Morgan fingerprint density at radius 3 is 2.15 bits per heavy atom. The maximum absolute atomic E-state index is 13.7. The molecule has 192 valence electrons. The summed E-state index contributed by atoms with van der Waals surface area (Å²) in [5.41, 5.74) is 5.81. The van der Waals surface area contributed by atoms with E-state index in [1.807, 2.05) is 60.7 Å². The predicted molar refractivity (Wildman–Crippen MR) is 150 cm³/mol. The number of anilines is 2. The van der Waals surface area contributed by atoms with E-state index < -0.39 is 11.0 Å². The van der Waals surface area contributed by atoms with Gasteiger partial charge >= 0.3 is 0 Å². The molecular weight excluding hydrogens is 490 g/mol. The number of nitro groups is 1. The van der Waals surface area contributed by atoms with Crippen LogP contribution in [-0.4, -0.2) is 16.5 Å². The molecule has 0 saturated heterocycles. The van der Waals surface area contributed by atoms with Crippen LogP contribution in [0, 0.1) is 10.1 Å². The molecule has 2 aliphatic rings. The van der Waals surface area contributed by atoms with Crippen molar-refractivity contribution in [2.75, 3.05) is 10.6 Å². The summed E-state index contributed by atoms with van der Waals surface area (Å²) < 4.78 is 0. The van der Waals surface area contributed by atoms with Gasteiger partial charge in [0.2, 0.25) is 0 Å². The lowest BCUT2D eigenvalue weighted by atomic mass is 9.78. The molecule has 0 amide bonds. The number of allylic oxidation sites excluding steroid dienone is 1. The number of rotatable bonds is 5. The molecule has 2 N–H and O–H groups in total. The summed E-state index contributed by atoms with van der Waals surface area (Å²) >= 11 is 0. The number of non-ortho nitro benzene ring substituents is 1. The minimum absolute atomic E-state index is 0.0109. The molecule has 7 nitrogen and oxygen atoms in total. The summed E-state index contributed by atoms with van der Waals surface area (Å²) in [5.74, 6) is -0.0626. The van der Waals surface area contributed by atoms with Gasteiger partial charge in [0.25, 0.3) is 5.69 Å². The van der Waals surface area contributed by atoms with Gasteiger partial charge in [0.1, 0.15) is 0 Å². The Morgan fingerprint density at radius 2 is 1.46 bits per heavy atom. The highest BCUT2D eigenvalue weighted by atomic mass is 16.6. The van der Waals surface area contributed by atoms with Crippen LogP contribution in [-0.2, 0) is 4.79 Å². The first kappa shape index (κ1) is 24.3. The molecule has 0 aromatic heterocycles. The van der Waals surface area contributed by atoms with Crippen LogP contribution in [0.3, 0.4) is 0 Å². The van der Waals surface area contributed by atoms with E-state index in [0.29, 0.717) is 35.2 Å². The number of nitro benzene ring substituents is 1. The average Bonchev–Trinajstić information content (AvgIpc) is 3.14. The van der Waals surface area contributed by atoms with Gasteiger partial charge in [0.15, 0.2) is 11.6 Å². The fourth-order valence-electron chi connectivity index (χ4n) is 5.44. The van der Waals surface area contributed by atoms with Crippen LogP contribution in [0.25, 0.3) is 0 Å². The number of hydrogen-bond acceptors (Lipinski definition) is 6. The number of hydrogen-bond donors (Lipinski definition) is 2. The summed E-state index contributed by atoms with van der Waals surface area (Å²) in [6.45, 7) is 0. The molecule has 4 aromatic rings. The summed E-state index contributed by atoms with van der Waals surface area (Å²) in [6.07, 6.45) is 0.982. The summed E-state index contributed by atoms with van der Waals surface area (Å²) in [4.78, 5) is 37.7. The van der Waals surface area contributed by atoms with Crippen LogP contribution >= 0.6 is 0 Å². The Kier molecular flexibility index (Phi) is 6.25. The Labute approximate surface area is 225 Å². The first-order valence-electron chi connectivity index (χ1n) is 12.8. The van der Waals surface area contributed by atoms with Crippen LogP contribution in [0.15, 0.2) is 114 Å².